The molecule has 0 aliphatic heterocycles. The van der Waals surface area contributed by atoms with Gasteiger partial charge in [-0.1, -0.05) is 35.0 Å². The molecule has 19 heavy (non-hydrogen) atoms. The Bertz CT molecular complexity index is 548. The van der Waals surface area contributed by atoms with Gasteiger partial charge in [-0.3, -0.25) is 0 Å². The van der Waals surface area contributed by atoms with E-state index in [1.165, 1.54) is 11.8 Å². The highest BCUT2D eigenvalue weighted by Crippen LogP contribution is 2.27. The fourth-order valence-corrected chi connectivity index (χ4v) is 2.18. The van der Waals surface area contributed by atoms with Crippen molar-refractivity contribution in [2.45, 2.75) is 18.1 Å². The molecule has 102 valence electrons. The topological polar surface area (TPSA) is 48.2 Å². The van der Waals surface area contributed by atoms with Crippen LogP contribution in [0, 0.1) is 0 Å². The summed E-state index contributed by atoms with van der Waals surface area (Å²) in [4.78, 5) is 0. The summed E-state index contributed by atoms with van der Waals surface area (Å²) in [6.45, 7) is 0.526. The van der Waals surface area contributed by atoms with Crippen LogP contribution < -0.4 is 4.74 Å². The van der Waals surface area contributed by atoms with Crippen molar-refractivity contribution in [3.63, 3.8) is 0 Å². The maximum atomic E-state index is 5.99. The van der Waals surface area contributed by atoms with E-state index in [1.54, 1.807) is 18.2 Å². The van der Waals surface area contributed by atoms with Crippen LogP contribution in [0.3, 0.4) is 0 Å². The van der Waals surface area contributed by atoms with E-state index >= 15 is 0 Å². The third kappa shape index (κ3) is 4.30. The molecule has 0 atom stereocenters. The zero-order valence-corrected chi connectivity index (χ0v) is 12.6. The SMILES string of the molecule is CSc1nnc(CCCOc2ccc(Cl)cc2Cl)o1. The van der Waals surface area contributed by atoms with E-state index in [0.717, 1.165) is 6.42 Å². The number of aromatic nitrogens is 2. The molecule has 7 heteroatoms. The smallest absolute Gasteiger partial charge is 0.276 e. The Kier molecular flexibility index (Phi) is 5.36. The van der Waals surface area contributed by atoms with Crippen molar-refractivity contribution < 1.29 is 9.15 Å². The Labute approximate surface area is 125 Å². The fourth-order valence-electron chi connectivity index (χ4n) is 1.42. The van der Waals surface area contributed by atoms with Gasteiger partial charge in [-0.05, 0) is 30.9 Å². The van der Waals surface area contributed by atoms with Gasteiger partial charge in [-0.2, -0.15) is 0 Å². The second-order valence-corrected chi connectivity index (χ2v) is 5.29. The molecule has 0 unspecified atom stereocenters. The second kappa shape index (κ2) is 7.03. The van der Waals surface area contributed by atoms with E-state index in [1.807, 2.05) is 6.26 Å². The zero-order valence-electron chi connectivity index (χ0n) is 10.2. The number of hydrogen-bond donors (Lipinski definition) is 0. The predicted octanol–water partition coefficient (Wildman–Crippen LogP) is 4.11. The van der Waals surface area contributed by atoms with Gasteiger partial charge in [0.25, 0.3) is 5.22 Å². The minimum atomic E-state index is 0.509. The van der Waals surface area contributed by atoms with Crippen LogP contribution in [0.15, 0.2) is 27.8 Å². The van der Waals surface area contributed by atoms with Crippen molar-refractivity contribution in [3.8, 4) is 5.75 Å². The number of hydrogen-bond acceptors (Lipinski definition) is 5. The highest BCUT2D eigenvalue weighted by molar-refractivity contribution is 7.98. The maximum absolute atomic E-state index is 5.99. The van der Waals surface area contributed by atoms with Crippen LogP contribution in [0.2, 0.25) is 10.0 Å². The Morgan fingerprint density at radius 1 is 1.32 bits per heavy atom. The maximum Gasteiger partial charge on any atom is 0.276 e. The first-order chi connectivity index (χ1) is 9.19. The highest BCUT2D eigenvalue weighted by atomic mass is 35.5. The first-order valence-electron chi connectivity index (χ1n) is 5.63. The van der Waals surface area contributed by atoms with Gasteiger partial charge in [-0.15, -0.1) is 10.2 Å². The average molecular weight is 319 g/mol. The van der Waals surface area contributed by atoms with E-state index < -0.39 is 0 Å². The Balaban J connectivity index is 1.77. The van der Waals surface area contributed by atoms with Crippen molar-refractivity contribution >= 4 is 35.0 Å². The van der Waals surface area contributed by atoms with Crippen molar-refractivity contribution in [2.75, 3.05) is 12.9 Å². The molecule has 1 aromatic heterocycles. The largest absolute Gasteiger partial charge is 0.492 e. The van der Waals surface area contributed by atoms with Crippen LogP contribution in [0.1, 0.15) is 12.3 Å². The Morgan fingerprint density at radius 3 is 2.84 bits per heavy atom. The van der Waals surface area contributed by atoms with Crippen LogP contribution in [0.5, 0.6) is 5.75 Å². The lowest BCUT2D eigenvalue weighted by atomic mass is 10.3. The summed E-state index contributed by atoms with van der Waals surface area (Å²) in [5, 5.41) is 9.47. The number of halogens is 2. The van der Waals surface area contributed by atoms with Gasteiger partial charge in [0.05, 0.1) is 11.6 Å². The summed E-state index contributed by atoms with van der Waals surface area (Å²) in [6.07, 6.45) is 3.34. The molecule has 0 saturated heterocycles. The molecule has 0 saturated carbocycles. The van der Waals surface area contributed by atoms with Crippen LogP contribution in [-0.4, -0.2) is 23.1 Å². The van der Waals surface area contributed by atoms with E-state index in [4.69, 9.17) is 32.4 Å². The number of thioether (sulfide) groups is 1. The minimum Gasteiger partial charge on any atom is -0.492 e. The van der Waals surface area contributed by atoms with E-state index in [0.29, 0.717) is 39.9 Å². The molecule has 0 N–H and O–H groups in total. The molecule has 0 radical (unpaired) electrons. The molecule has 0 amide bonds. The number of nitrogens with zero attached hydrogens (tertiary/aromatic N) is 2. The Hall–Kier alpha value is -0.910. The highest BCUT2D eigenvalue weighted by Gasteiger charge is 2.06. The summed E-state index contributed by atoms with van der Waals surface area (Å²) in [6, 6.07) is 5.15. The zero-order chi connectivity index (χ0) is 13.7. The molecule has 0 bridgehead atoms. The minimum absolute atomic E-state index is 0.509. The predicted molar refractivity (Wildman–Crippen MR) is 76.4 cm³/mol. The first kappa shape index (κ1) is 14.5. The van der Waals surface area contributed by atoms with Crippen molar-refractivity contribution in [2.24, 2.45) is 0 Å². The molecule has 0 spiro atoms. The number of benzene rings is 1. The van der Waals surface area contributed by atoms with E-state index in [9.17, 15) is 0 Å². The van der Waals surface area contributed by atoms with Crippen molar-refractivity contribution in [1.82, 2.24) is 10.2 Å². The number of aryl methyl sites for hydroxylation is 1. The van der Waals surface area contributed by atoms with Gasteiger partial charge in [0.15, 0.2) is 0 Å². The molecule has 0 aliphatic carbocycles. The van der Waals surface area contributed by atoms with Crippen molar-refractivity contribution in [3.05, 3.63) is 34.1 Å². The third-order valence-electron chi connectivity index (χ3n) is 2.31. The number of rotatable bonds is 6. The number of ether oxygens (including phenoxy) is 1. The van der Waals surface area contributed by atoms with Crippen LogP contribution in [0.4, 0.5) is 0 Å². The van der Waals surface area contributed by atoms with Crippen LogP contribution in [0.25, 0.3) is 0 Å². The quantitative estimate of drug-likeness (QED) is 0.592. The van der Waals surface area contributed by atoms with Crippen LogP contribution in [-0.2, 0) is 6.42 Å². The van der Waals surface area contributed by atoms with E-state index in [2.05, 4.69) is 10.2 Å². The monoisotopic (exact) mass is 318 g/mol. The molecule has 0 fully saturated rings. The first-order valence-corrected chi connectivity index (χ1v) is 7.61. The lowest BCUT2D eigenvalue weighted by Crippen LogP contribution is -2.00. The van der Waals surface area contributed by atoms with Gasteiger partial charge >= 0.3 is 0 Å². The molecular weight excluding hydrogens is 307 g/mol. The molecule has 0 aliphatic rings. The van der Waals surface area contributed by atoms with Gasteiger partial charge in [0, 0.05) is 11.4 Å². The lowest BCUT2D eigenvalue weighted by Gasteiger charge is -2.07. The lowest BCUT2D eigenvalue weighted by molar-refractivity contribution is 0.302. The molecule has 4 nitrogen and oxygen atoms in total. The van der Waals surface area contributed by atoms with E-state index in [-0.39, 0.29) is 0 Å². The Morgan fingerprint density at radius 2 is 2.16 bits per heavy atom. The molecule has 2 rings (SSSR count). The van der Waals surface area contributed by atoms with Gasteiger partial charge < -0.3 is 9.15 Å². The molecule has 1 heterocycles. The summed E-state index contributed by atoms with van der Waals surface area (Å²) in [5.41, 5.74) is 0. The summed E-state index contributed by atoms with van der Waals surface area (Å²) in [7, 11) is 0. The molecule has 2 aromatic rings. The summed E-state index contributed by atoms with van der Waals surface area (Å²) in [5.74, 6) is 1.25. The molecule has 1 aromatic carbocycles. The molecular formula is C12H12Cl2N2O2S. The van der Waals surface area contributed by atoms with Gasteiger partial charge in [0.1, 0.15) is 5.75 Å². The van der Waals surface area contributed by atoms with Gasteiger partial charge in [-0.25, -0.2) is 0 Å². The average Bonchev–Trinajstić information content (AvgIpc) is 2.84. The van der Waals surface area contributed by atoms with Crippen molar-refractivity contribution in [1.29, 1.82) is 0 Å². The normalized spacial score (nSPS) is 10.7. The summed E-state index contributed by atoms with van der Waals surface area (Å²) < 4.78 is 10.9. The van der Waals surface area contributed by atoms with Crippen LogP contribution >= 0.6 is 35.0 Å². The van der Waals surface area contributed by atoms with Gasteiger partial charge in [0.2, 0.25) is 5.89 Å². The fraction of sp³-hybridized carbons (Fsp3) is 0.333. The summed E-state index contributed by atoms with van der Waals surface area (Å²) >= 11 is 13.2. The standard InChI is InChI=1S/C12H12Cl2N2O2S/c1-19-12-16-15-11(18-12)3-2-6-17-10-5-4-8(13)7-9(10)14/h4-5,7H,2-3,6H2,1H3. The second-order valence-electron chi connectivity index (χ2n) is 3.69. The third-order valence-corrected chi connectivity index (χ3v) is 3.35.